The van der Waals surface area contributed by atoms with Crippen LogP contribution >= 0.6 is 0 Å². The molecule has 0 amide bonds. The molecule has 0 aliphatic rings. The van der Waals surface area contributed by atoms with Crippen molar-refractivity contribution in [1.82, 2.24) is 5.32 Å². The fourth-order valence-corrected chi connectivity index (χ4v) is 1.69. The summed E-state index contributed by atoms with van der Waals surface area (Å²) < 4.78 is 49.8. The lowest BCUT2D eigenvalue weighted by Crippen LogP contribution is -2.40. The summed E-state index contributed by atoms with van der Waals surface area (Å²) in [4.78, 5) is 10.0. The molecule has 1 unspecified atom stereocenters. The lowest BCUT2D eigenvalue weighted by molar-refractivity contribution is -0.384. The van der Waals surface area contributed by atoms with Gasteiger partial charge in [0.05, 0.1) is 11.5 Å². The van der Waals surface area contributed by atoms with Crippen LogP contribution in [0.3, 0.4) is 0 Å². The zero-order chi connectivity index (χ0) is 15.3. The van der Waals surface area contributed by atoms with Gasteiger partial charge in [-0.15, -0.1) is 0 Å². The number of hydrogen-bond acceptors (Lipinski definition) is 3. The quantitative estimate of drug-likeness (QED) is 0.475. The first kappa shape index (κ1) is 16.4. The van der Waals surface area contributed by atoms with Gasteiger partial charge in [-0.1, -0.05) is 19.1 Å². The monoisotopic (exact) mass is 294 g/mol. The normalized spacial score (nSPS) is 13.5. The van der Waals surface area contributed by atoms with Gasteiger partial charge >= 0.3 is 12.3 Å². The van der Waals surface area contributed by atoms with Gasteiger partial charge in [0, 0.05) is 18.2 Å². The molecule has 1 atom stereocenters. The molecule has 20 heavy (non-hydrogen) atoms. The maximum Gasteiger partial charge on any atom is 0.319 e. The first-order chi connectivity index (χ1) is 9.27. The molecule has 0 heterocycles. The Balaban J connectivity index is 2.81. The Morgan fingerprint density at radius 1 is 1.40 bits per heavy atom. The second kappa shape index (κ2) is 6.65. The zero-order valence-electron chi connectivity index (χ0n) is 10.7. The summed E-state index contributed by atoms with van der Waals surface area (Å²) in [6.07, 6.45) is -3.42. The second-order valence-electron chi connectivity index (χ2n) is 4.26. The molecule has 1 rings (SSSR count). The van der Waals surface area contributed by atoms with Crippen LogP contribution in [0.4, 0.5) is 23.2 Å². The lowest BCUT2D eigenvalue weighted by Gasteiger charge is -2.21. The van der Waals surface area contributed by atoms with Crippen LogP contribution in [-0.4, -0.2) is 23.8 Å². The molecule has 8 heteroatoms. The van der Waals surface area contributed by atoms with E-state index < -0.39 is 29.9 Å². The van der Waals surface area contributed by atoms with Gasteiger partial charge in [0.25, 0.3) is 5.69 Å². The van der Waals surface area contributed by atoms with E-state index in [1.54, 1.807) is 6.92 Å². The van der Waals surface area contributed by atoms with Gasteiger partial charge in [0.2, 0.25) is 0 Å². The molecule has 0 spiro atoms. The first-order valence-electron chi connectivity index (χ1n) is 5.91. The predicted octanol–water partition coefficient (Wildman–Crippen LogP) is 3.54. The van der Waals surface area contributed by atoms with Crippen LogP contribution in [0.5, 0.6) is 0 Å². The molecule has 112 valence electrons. The maximum absolute atomic E-state index is 12.8. The van der Waals surface area contributed by atoms with Gasteiger partial charge in [0.1, 0.15) is 0 Å². The van der Waals surface area contributed by atoms with Crippen LogP contribution in [0, 0.1) is 10.1 Å². The molecule has 0 aliphatic carbocycles. The maximum atomic E-state index is 12.8. The Kier molecular flexibility index (Phi) is 5.43. The molecule has 0 aromatic heterocycles. The number of nitrogens with one attached hydrogen (secondary N) is 1. The summed E-state index contributed by atoms with van der Waals surface area (Å²) in [5.41, 5.74) is 0.232. The minimum atomic E-state index is -4.13. The van der Waals surface area contributed by atoms with E-state index in [1.165, 1.54) is 24.3 Å². The second-order valence-corrected chi connectivity index (χ2v) is 4.26. The number of alkyl halides is 4. The van der Waals surface area contributed by atoms with E-state index in [0.29, 0.717) is 12.0 Å². The highest BCUT2D eigenvalue weighted by Crippen LogP contribution is 2.25. The van der Waals surface area contributed by atoms with Crippen LogP contribution < -0.4 is 5.32 Å². The van der Waals surface area contributed by atoms with Gasteiger partial charge in [0.15, 0.2) is 0 Å². The number of halogens is 4. The van der Waals surface area contributed by atoms with E-state index in [9.17, 15) is 27.7 Å². The fourth-order valence-electron chi connectivity index (χ4n) is 1.69. The van der Waals surface area contributed by atoms with Gasteiger partial charge in [-0.3, -0.25) is 10.1 Å². The number of nitro benzene ring substituents is 1. The van der Waals surface area contributed by atoms with Gasteiger partial charge in [-0.05, 0) is 12.0 Å². The van der Waals surface area contributed by atoms with Gasteiger partial charge in [-0.2, -0.15) is 8.78 Å². The van der Waals surface area contributed by atoms with E-state index in [1.807, 2.05) is 0 Å². The summed E-state index contributed by atoms with van der Waals surface area (Å²) in [5, 5.41) is 13.0. The highest BCUT2D eigenvalue weighted by Gasteiger charge is 2.40. The molecular weight excluding hydrogens is 280 g/mol. The van der Waals surface area contributed by atoms with Gasteiger partial charge in [-0.25, -0.2) is 8.78 Å². The van der Waals surface area contributed by atoms with Crippen molar-refractivity contribution in [2.75, 3.05) is 6.54 Å². The molecule has 1 aromatic rings. The topological polar surface area (TPSA) is 55.2 Å². The molecule has 0 aliphatic heterocycles. The van der Waals surface area contributed by atoms with Crippen LogP contribution in [0.1, 0.15) is 24.9 Å². The Morgan fingerprint density at radius 2 is 2.05 bits per heavy atom. The molecule has 1 N–H and O–H groups in total. The van der Waals surface area contributed by atoms with E-state index in [2.05, 4.69) is 5.32 Å². The van der Waals surface area contributed by atoms with Crippen molar-refractivity contribution < 1.29 is 22.5 Å². The standard InChI is InChI=1S/C12H14F4N2O2/c1-2-10(17-7-12(15,16)11(13)14)8-4-3-5-9(6-8)18(19)20/h3-6,10-11,17H,2,7H2,1H3. The third kappa shape index (κ3) is 4.16. The third-order valence-electron chi connectivity index (χ3n) is 2.80. The number of nitro groups is 1. The van der Waals surface area contributed by atoms with Crippen molar-refractivity contribution in [3.63, 3.8) is 0 Å². The molecule has 0 saturated heterocycles. The van der Waals surface area contributed by atoms with Gasteiger partial charge < -0.3 is 5.32 Å². The summed E-state index contributed by atoms with van der Waals surface area (Å²) >= 11 is 0. The summed E-state index contributed by atoms with van der Waals surface area (Å²) in [6.45, 7) is 0.475. The minimum absolute atomic E-state index is 0.177. The highest BCUT2D eigenvalue weighted by atomic mass is 19.3. The number of hydrogen-bond donors (Lipinski definition) is 1. The molecule has 1 aromatic carbocycles. The average molecular weight is 294 g/mol. The van der Waals surface area contributed by atoms with Crippen molar-refractivity contribution in [3.05, 3.63) is 39.9 Å². The Bertz CT molecular complexity index is 469. The zero-order valence-corrected chi connectivity index (χ0v) is 10.7. The Morgan fingerprint density at radius 3 is 2.55 bits per heavy atom. The van der Waals surface area contributed by atoms with Crippen LogP contribution in [-0.2, 0) is 0 Å². The molecule has 4 nitrogen and oxygen atoms in total. The van der Waals surface area contributed by atoms with Crippen molar-refractivity contribution in [1.29, 1.82) is 0 Å². The van der Waals surface area contributed by atoms with E-state index in [4.69, 9.17) is 0 Å². The molecule has 0 saturated carbocycles. The van der Waals surface area contributed by atoms with E-state index in [-0.39, 0.29) is 5.69 Å². The van der Waals surface area contributed by atoms with Crippen molar-refractivity contribution in [3.8, 4) is 0 Å². The predicted molar refractivity (Wildman–Crippen MR) is 65.1 cm³/mol. The van der Waals surface area contributed by atoms with Crippen LogP contribution in [0.25, 0.3) is 0 Å². The van der Waals surface area contributed by atoms with Crippen molar-refractivity contribution >= 4 is 5.69 Å². The number of non-ortho nitro benzene ring substituents is 1. The Hall–Kier alpha value is -1.70. The number of benzene rings is 1. The molecular formula is C12H14F4N2O2. The number of nitrogens with zero attached hydrogens (tertiary/aromatic N) is 1. The lowest BCUT2D eigenvalue weighted by atomic mass is 10.0. The summed E-state index contributed by atoms with van der Waals surface area (Å²) in [5.74, 6) is -4.13. The summed E-state index contributed by atoms with van der Waals surface area (Å²) in [6, 6.07) is 4.79. The van der Waals surface area contributed by atoms with E-state index >= 15 is 0 Å². The smallest absolute Gasteiger partial charge is 0.304 e. The van der Waals surface area contributed by atoms with E-state index in [0.717, 1.165) is 0 Å². The highest BCUT2D eigenvalue weighted by molar-refractivity contribution is 5.35. The minimum Gasteiger partial charge on any atom is -0.304 e. The fraction of sp³-hybridized carbons (Fsp3) is 0.500. The van der Waals surface area contributed by atoms with Crippen molar-refractivity contribution in [2.45, 2.75) is 31.7 Å². The Labute approximate surface area is 112 Å². The van der Waals surface area contributed by atoms with Crippen LogP contribution in [0.2, 0.25) is 0 Å². The summed E-state index contributed by atoms with van der Waals surface area (Å²) in [7, 11) is 0. The first-order valence-corrected chi connectivity index (χ1v) is 5.91. The number of rotatable bonds is 7. The van der Waals surface area contributed by atoms with Crippen LogP contribution in [0.15, 0.2) is 24.3 Å². The molecule has 0 radical (unpaired) electrons. The van der Waals surface area contributed by atoms with Crippen molar-refractivity contribution in [2.24, 2.45) is 0 Å². The average Bonchev–Trinajstić information content (AvgIpc) is 2.39. The third-order valence-corrected chi connectivity index (χ3v) is 2.80. The molecule has 0 bridgehead atoms. The molecule has 0 fully saturated rings. The SMILES string of the molecule is CCC(NCC(F)(F)C(F)F)c1cccc([N+](=O)[O-])c1. The largest absolute Gasteiger partial charge is 0.319 e.